The molecule has 0 aromatic carbocycles. The number of allylic oxidation sites excluding steroid dienone is 1. The number of halogens is 7. The first-order chi connectivity index (χ1) is 9.54. The number of hydrogen-bond acceptors (Lipinski definition) is 4. The van der Waals surface area contributed by atoms with Gasteiger partial charge >= 0.3 is 3.92 Å². The molecule has 0 saturated heterocycles. The number of nitrogens with zero attached hydrogens (tertiary/aromatic N) is 2. The molecule has 0 aromatic heterocycles. The zero-order chi connectivity index (χ0) is 17.9. The van der Waals surface area contributed by atoms with Gasteiger partial charge in [0.25, 0.3) is 0 Å². The molecule has 0 radical (unpaired) electrons. The maximum atomic E-state index is 9.43. The van der Waals surface area contributed by atoms with Crippen LogP contribution in [0.1, 0.15) is 6.92 Å². The van der Waals surface area contributed by atoms with Gasteiger partial charge in [0, 0.05) is 29.7 Å². The summed E-state index contributed by atoms with van der Waals surface area (Å²) in [6.07, 6.45) is 1.66. The molecule has 0 N–H and O–H groups in total. The quantitative estimate of drug-likeness (QED) is 0.124. The Kier molecular flexibility index (Phi) is 33.1. The first-order valence-corrected chi connectivity index (χ1v) is 8.21. The number of alkyl halides is 6. The third kappa shape index (κ3) is 52.7. The molecule has 0 aliphatic heterocycles. The minimum Gasteiger partial charge on any atom is -0.260 e. The zero-order valence-electron chi connectivity index (χ0n) is 10.9. The monoisotopic (exact) mass is 458 g/mol. The van der Waals surface area contributed by atoms with Crippen LogP contribution in [0.4, 0.5) is 0 Å². The van der Waals surface area contributed by atoms with Crippen LogP contribution in [-0.4, -0.2) is 38.2 Å². The van der Waals surface area contributed by atoms with Crippen LogP contribution in [-0.2, 0) is 0 Å². The van der Waals surface area contributed by atoms with E-state index in [-0.39, 0.29) is 5.38 Å². The molecular weight excluding hydrogens is 448 g/mol. The van der Waals surface area contributed by atoms with Crippen molar-refractivity contribution >= 4 is 98.6 Å². The van der Waals surface area contributed by atoms with Gasteiger partial charge in [-0.25, -0.2) is 4.99 Å². The van der Waals surface area contributed by atoms with Gasteiger partial charge in [-0.05, 0) is 53.9 Å². The second-order valence-electron chi connectivity index (χ2n) is 2.49. The summed E-state index contributed by atoms with van der Waals surface area (Å²) in [7, 11) is 1.59. The highest BCUT2D eigenvalue weighted by Gasteiger charge is 2.33. The van der Waals surface area contributed by atoms with Gasteiger partial charge in [0.2, 0.25) is 0 Å². The Morgan fingerprint density at radius 2 is 1.71 bits per heavy atom. The Balaban J connectivity index is -0.0000000939. The fraction of sp³-hybridized carbons (Fsp3) is 0.667. The van der Waals surface area contributed by atoms with Crippen LogP contribution in [0.5, 0.6) is 0 Å². The van der Waals surface area contributed by atoms with Gasteiger partial charge in [-0.2, -0.15) is 0 Å². The molecule has 126 valence electrons. The molecule has 0 heterocycles. The van der Waals surface area contributed by atoms with Crippen molar-refractivity contribution in [2.24, 2.45) is 4.99 Å². The summed E-state index contributed by atoms with van der Waals surface area (Å²) in [4.78, 5) is 11.7. The van der Waals surface area contributed by atoms with E-state index in [2.05, 4.69) is 22.4 Å². The lowest BCUT2D eigenvalue weighted by Gasteiger charge is -1.96. The van der Waals surface area contributed by atoms with E-state index in [1.54, 1.807) is 13.1 Å². The number of rotatable bonds is 2. The molecule has 1 unspecified atom stereocenters. The molecule has 0 aromatic rings. The Bertz CT molecular complexity index is 305. The maximum Gasteiger partial charge on any atom is 0.449 e. The summed E-state index contributed by atoms with van der Waals surface area (Å²) in [5.41, 5.74) is 1.40. The first kappa shape index (κ1) is 29.9. The fourth-order valence-electron chi connectivity index (χ4n) is 0.0337. The normalized spacial score (nSPS) is 10.5. The molecule has 0 amide bonds. The third-order valence-electron chi connectivity index (χ3n) is 0.689. The molecule has 4 nitrogen and oxygen atoms in total. The van der Waals surface area contributed by atoms with Crippen LogP contribution in [0.25, 0.3) is 0 Å². The highest BCUT2D eigenvalue weighted by molar-refractivity contribution is 7.78. The van der Waals surface area contributed by atoms with Crippen molar-refractivity contribution in [2.45, 2.75) is 16.2 Å². The minimum absolute atomic E-state index is 0.122. The minimum atomic E-state index is -2.36. The smallest absolute Gasteiger partial charge is 0.260 e. The fourth-order valence-corrected chi connectivity index (χ4v) is 0.303. The topological polar surface area (TPSA) is 55.5 Å². The molecule has 12 heteroatoms. The molecule has 0 aliphatic carbocycles. The Labute approximate surface area is 164 Å². The molecule has 0 spiro atoms. The Morgan fingerprint density at radius 3 is 1.71 bits per heavy atom. The summed E-state index contributed by atoms with van der Waals surface area (Å²) >= 11 is 38.9. The predicted octanol–water partition coefficient (Wildman–Crippen LogP) is 6.14. The molecule has 0 saturated carbocycles. The summed E-state index contributed by atoms with van der Waals surface area (Å²) in [6, 6.07) is 0. The Hall–Kier alpha value is 0.970. The van der Waals surface area contributed by atoms with Crippen LogP contribution < -0.4 is 0 Å². The molecule has 0 aliphatic rings. The molecular formula is C9H13Cl7N2O2S. The number of isothiocyanates is 1. The van der Waals surface area contributed by atoms with Crippen molar-refractivity contribution in [3.63, 3.8) is 0 Å². The lowest BCUT2D eigenvalue weighted by molar-refractivity contribution is -0.491. The summed E-state index contributed by atoms with van der Waals surface area (Å²) in [5.74, 6) is 1.05. The second-order valence-corrected chi connectivity index (χ2v) is 6.51. The van der Waals surface area contributed by atoms with Gasteiger partial charge in [-0.1, -0.05) is 17.7 Å². The van der Waals surface area contributed by atoms with E-state index in [4.69, 9.17) is 81.2 Å². The van der Waals surface area contributed by atoms with Crippen LogP contribution in [0.3, 0.4) is 0 Å². The van der Waals surface area contributed by atoms with Crippen LogP contribution in [0.15, 0.2) is 16.6 Å². The van der Waals surface area contributed by atoms with Crippen molar-refractivity contribution in [1.29, 1.82) is 0 Å². The average Bonchev–Trinajstić information content (AvgIpc) is 2.40. The summed E-state index contributed by atoms with van der Waals surface area (Å²) in [6.45, 7) is 1.86. The van der Waals surface area contributed by atoms with Crippen LogP contribution in [0, 0.1) is 10.1 Å². The number of aliphatic imine (C=N–C) groups is 1. The molecule has 0 bridgehead atoms. The van der Waals surface area contributed by atoms with Gasteiger partial charge in [0.05, 0.1) is 10.1 Å². The van der Waals surface area contributed by atoms with E-state index in [1.165, 1.54) is 5.54 Å². The van der Waals surface area contributed by atoms with Gasteiger partial charge in [-0.3, -0.25) is 10.1 Å². The highest BCUT2D eigenvalue weighted by Crippen LogP contribution is 2.25. The number of thiocarbonyl (C=S) groups is 1. The molecule has 1 atom stereocenters. The van der Waals surface area contributed by atoms with E-state index in [0.717, 1.165) is 0 Å². The standard InChI is InChI=1S/C3H6Cl2.C3H4Cl2.C2H3NS.CCl3NO2/c1-3(5)2-4;4-2-1-3-5;1-3-2-4;2-1(3,4)5(6)7/h3H,2H2,1H3;1-2H,3H2;1H3;/b;2-1+;;. The van der Waals surface area contributed by atoms with Crippen molar-refractivity contribution in [3.05, 3.63) is 21.7 Å². The molecule has 21 heavy (non-hydrogen) atoms. The Morgan fingerprint density at radius 1 is 1.43 bits per heavy atom. The molecule has 0 fully saturated rings. The van der Waals surface area contributed by atoms with E-state index >= 15 is 0 Å². The lowest BCUT2D eigenvalue weighted by atomic mass is 10.6. The van der Waals surface area contributed by atoms with Gasteiger partial charge < -0.3 is 0 Å². The number of nitro groups is 1. The van der Waals surface area contributed by atoms with E-state index in [9.17, 15) is 10.1 Å². The van der Waals surface area contributed by atoms with Crippen molar-refractivity contribution in [3.8, 4) is 0 Å². The number of hydrogen-bond donors (Lipinski definition) is 0. The van der Waals surface area contributed by atoms with Gasteiger partial charge in [-0.15, -0.1) is 34.8 Å². The van der Waals surface area contributed by atoms with Crippen molar-refractivity contribution in [1.82, 2.24) is 0 Å². The van der Waals surface area contributed by atoms with Gasteiger partial charge in [0.1, 0.15) is 0 Å². The molecule has 0 rings (SSSR count). The SMILES string of the molecule is CC(Cl)CCl.CN=C=S.Cl/C=C/CCl.O=[N+]([O-])C(Cl)(Cl)Cl. The van der Waals surface area contributed by atoms with E-state index < -0.39 is 8.84 Å². The largest absolute Gasteiger partial charge is 0.449 e. The zero-order valence-corrected chi connectivity index (χ0v) is 17.0. The highest BCUT2D eigenvalue weighted by atomic mass is 35.6. The van der Waals surface area contributed by atoms with E-state index in [0.29, 0.717) is 11.8 Å². The maximum absolute atomic E-state index is 9.43. The van der Waals surface area contributed by atoms with E-state index in [1.807, 2.05) is 6.92 Å². The summed E-state index contributed by atoms with van der Waals surface area (Å²) in [5, 5.41) is 11.7. The predicted molar refractivity (Wildman–Crippen MR) is 100.0 cm³/mol. The van der Waals surface area contributed by atoms with Crippen LogP contribution in [0.2, 0.25) is 0 Å². The van der Waals surface area contributed by atoms with Gasteiger partial charge in [0.15, 0.2) is 0 Å². The first-order valence-electron chi connectivity index (χ1n) is 4.73. The third-order valence-corrected chi connectivity index (χ3v) is 2.42. The van der Waals surface area contributed by atoms with Crippen LogP contribution >= 0.6 is 93.4 Å². The lowest BCUT2D eigenvalue weighted by Crippen LogP contribution is -2.15. The summed E-state index contributed by atoms with van der Waals surface area (Å²) < 4.78 is -2.36. The van der Waals surface area contributed by atoms with Crippen molar-refractivity contribution < 1.29 is 4.92 Å². The van der Waals surface area contributed by atoms with Crippen molar-refractivity contribution in [2.75, 3.05) is 18.8 Å². The average molecular weight is 461 g/mol. The second kappa shape index (κ2) is 23.2.